The number of esters is 1. The lowest BCUT2D eigenvalue weighted by Crippen LogP contribution is -2.14. The summed E-state index contributed by atoms with van der Waals surface area (Å²) in [5, 5.41) is 5.08. The second-order valence-corrected chi connectivity index (χ2v) is 5.53. The van der Waals surface area contributed by atoms with Crippen LogP contribution < -0.4 is 10.6 Å². The number of para-hydroxylation sites is 1. The van der Waals surface area contributed by atoms with Crippen LogP contribution >= 0.6 is 0 Å². The van der Waals surface area contributed by atoms with E-state index in [0.29, 0.717) is 11.3 Å². The van der Waals surface area contributed by atoms with Crippen LogP contribution in [0, 0.1) is 11.6 Å². The molecule has 1 aromatic heterocycles. The van der Waals surface area contributed by atoms with Crippen LogP contribution in [0.15, 0.2) is 54.9 Å². The number of carbonyl (C=O) groups is 2. The molecule has 0 saturated heterocycles. The Labute approximate surface area is 158 Å². The Hall–Kier alpha value is -3.88. The van der Waals surface area contributed by atoms with Gasteiger partial charge in [-0.1, -0.05) is 6.07 Å². The number of anilines is 3. The molecule has 2 aromatic carbocycles. The Kier molecular flexibility index (Phi) is 5.54. The summed E-state index contributed by atoms with van der Waals surface area (Å²) in [6, 6.07) is 9.53. The van der Waals surface area contributed by atoms with Gasteiger partial charge in [-0.2, -0.15) is 0 Å². The maximum atomic E-state index is 13.6. The molecular formula is C19H14F2N4O3. The molecule has 0 atom stereocenters. The summed E-state index contributed by atoms with van der Waals surface area (Å²) in [6.07, 6.45) is 2.35. The first kappa shape index (κ1) is 18.9. The lowest BCUT2D eigenvalue weighted by Gasteiger charge is -2.08. The fraction of sp³-hybridized carbons (Fsp3) is 0.0526. The molecule has 1 heterocycles. The number of ether oxygens (including phenoxy) is 1. The van der Waals surface area contributed by atoms with E-state index >= 15 is 0 Å². The van der Waals surface area contributed by atoms with Crippen molar-refractivity contribution in [2.24, 2.45) is 0 Å². The van der Waals surface area contributed by atoms with E-state index in [9.17, 15) is 18.4 Å². The number of nitrogens with one attached hydrogen (secondary N) is 2. The van der Waals surface area contributed by atoms with Gasteiger partial charge in [-0.3, -0.25) is 4.79 Å². The molecule has 0 bridgehead atoms. The number of hydrogen-bond donors (Lipinski definition) is 2. The second-order valence-electron chi connectivity index (χ2n) is 5.53. The zero-order valence-corrected chi connectivity index (χ0v) is 14.6. The molecule has 0 aliphatic rings. The van der Waals surface area contributed by atoms with Gasteiger partial charge in [-0.05, 0) is 36.4 Å². The average molecular weight is 384 g/mol. The third-order valence-electron chi connectivity index (χ3n) is 3.66. The largest absolute Gasteiger partial charge is 0.465 e. The van der Waals surface area contributed by atoms with Crippen LogP contribution in [0.4, 0.5) is 26.0 Å². The van der Waals surface area contributed by atoms with E-state index in [-0.39, 0.29) is 17.2 Å². The van der Waals surface area contributed by atoms with Gasteiger partial charge in [0.05, 0.1) is 25.1 Å². The smallest absolute Gasteiger partial charge is 0.337 e. The van der Waals surface area contributed by atoms with Crippen molar-refractivity contribution in [1.82, 2.24) is 9.97 Å². The number of aromatic nitrogens is 2. The van der Waals surface area contributed by atoms with Crippen LogP contribution in [-0.2, 0) is 4.74 Å². The highest BCUT2D eigenvalue weighted by atomic mass is 19.1. The van der Waals surface area contributed by atoms with E-state index < -0.39 is 23.5 Å². The summed E-state index contributed by atoms with van der Waals surface area (Å²) in [4.78, 5) is 31.5. The van der Waals surface area contributed by atoms with Crippen molar-refractivity contribution in [1.29, 1.82) is 0 Å². The van der Waals surface area contributed by atoms with Gasteiger partial charge in [0.25, 0.3) is 5.91 Å². The van der Waals surface area contributed by atoms with Crippen LogP contribution in [0.1, 0.15) is 20.8 Å². The molecule has 3 aromatic rings. The summed E-state index contributed by atoms with van der Waals surface area (Å²) in [5.74, 6) is -2.51. The van der Waals surface area contributed by atoms with Gasteiger partial charge in [0, 0.05) is 5.69 Å². The Balaban J connectivity index is 1.67. The third kappa shape index (κ3) is 4.26. The molecule has 0 saturated carbocycles. The monoisotopic (exact) mass is 384 g/mol. The summed E-state index contributed by atoms with van der Waals surface area (Å²) in [6.45, 7) is 0. The molecule has 1 amide bonds. The molecule has 3 rings (SSSR count). The van der Waals surface area contributed by atoms with Crippen molar-refractivity contribution < 1.29 is 23.1 Å². The standard InChI is InChI=1S/C19H14F2N4O3/c1-28-19(27)11-5-7-12(8-6-11)24-18(26)15-9-23-16(10-22-15)25-17-13(20)3-2-4-14(17)21/h2-10H,1H3,(H,23,25)(H,24,26). The molecule has 142 valence electrons. The number of amides is 1. The van der Waals surface area contributed by atoms with Crippen LogP contribution in [0.5, 0.6) is 0 Å². The molecule has 2 N–H and O–H groups in total. The number of nitrogens with zero attached hydrogens (tertiary/aromatic N) is 2. The number of hydrogen-bond acceptors (Lipinski definition) is 6. The van der Waals surface area contributed by atoms with E-state index in [0.717, 1.165) is 12.1 Å². The van der Waals surface area contributed by atoms with Crippen LogP contribution in [0.2, 0.25) is 0 Å². The minimum atomic E-state index is -0.779. The molecule has 0 aliphatic heterocycles. The Morgan fingerprint density at radius 2 is 1.64 bits per heavy atom. The van der Waals surface area contributed by atoms with Gasteiger partial charge in [0.15, 0.2) is 0 Å². The molecule has 0 radical (unpaired) electrons. The second kappa shape index (κ2) is 8.21. The van der Waals surface area contributed by atoms with Crippen molar-refractivity contribution in [2.45, 2.75) is 0 Å². The topological polar surface area (TPSA) is 93.2 Å². The zero-order chi connectivity index (χ0) is 20.1. The SMILES string of the molecule is COC(=O)c1ccc(NC(=O)c2cnc(Nc3c(F)cccc3F)cn2)cc1. The Morgan fingerprint density at radius 3 is 2.21 bits per heavy atom. The van der Waals surface area contributed by atoms with E-state index in [4.69, 9.17) is 0 Å². The summed E-state index contributed by atoms with van der Waals surface area (Å²) < 4.78 is 31.9. The predicted molar refractivity (Wildman–Crippen MR) is 97.4 cm³/mol. The third-order valence-corrected chi connectivity index (χ3v) is 3.66. The normalized spacial score (nSPS) is 10.2. The number of rotatable bonds is 5. The van der Waals surface area contributed by atoms with Gasteiger partial charge < -0.3 is 15.4 Å². The van der Waals surface area contributed by atoms with Crippen molar-refractivity contribution >= 4 is 29.1 Å². The fourth-order valence-corrected chi connectivity index (χ4v) is 2.26. The van der Waals surface area contributed by atoms with Crippen LogP contribution in [-0.4, -0.2) is 29.0 Å². The lowest BCUT2D eigenvalue weighted by atomic mass is 10.2. The first-order chi connectivity index (χ1) is 13.5. The molecule has 0 aliphatic carbocycles. The van der Waals surface area contributed by atoms with E-state index in [1.54, 1.807) is 0 Å². The van der Waals surface area contributed by atoms with Gasteiger partial charge >= 0.3 is 5.97 Å². The lowest BCUT2D eigenvalue weighted by molar-refractivity contribution is 0.0600. The molecule has 7 nitrogen and oxygen atoms in total. The predicted octanol–water partition coefficient (Wildman–Crippen LogP) is 3.54. The average Bonchev–Trinajstić information content (AvgIpc) is 2.71. The number of halogens is 2. The summed E-state index contributed by atoms with van der Waals surface area (Å²) in [5.41, 5.74) is 0.419. The van der Waals surface area contributed by atoms with Crippen molar-refractivity contribution in [2.75, 3.05) is 17.7 Å². The fourth-order valence-electron chi connectivity index (χ4n) is 2.26. The van der Waals surface area contributed by atoms with Gasteiger partial charge in [0.2, 0.25) is 0 Å². The number of methoxy groups -OCH3 is 1. The van der Waals surface area contributed by atoms with E-state index in [1.165, 1.54) is 49.8 Å². The van der Waals surface area contributed by atoms with Crippen molar-refractivity contribution in [3.63, 3.8) is 0 Å². The maximum Gasteiger partial charge on any atom is 0.337 e. The van der Waals surface area contributed by atoms with Gasteiger partial charge in [0.1, 0.15) is 28.8 Å². The Morgan fingerprint density at radius 1 is 0.964 bits per heavy atom. The van der Waals surface area contributed by atoms with Crippen LogP contribution in [0.3, 0.4) is 0 Å². The highest BCUT2D eigenvalue weighted by Crippen LogP contribution is 2.21. The molecule has 0 unspecified atom stereocenters. The molecular weight excluding hydrogens is 370 g/mol. The van der Waals surface area contributed by atoms with Crippen molar-refractivity contribution in [3.05, 3.63) is 77.8 Å². The van der Waals surface area contributed by atoms with E-state index in [2.05, 4.69) is 25.3 Å². The van der Waals surface area contributed by atoms with Gasteiger partial charge in [-0.15, -0.1) is 0 Å². The zero-order valence-electron chi connectivity index (χ0n) is 14.6. The summed E-state index contributed by atoms with van der Waals surface area (Å²) >= 11 is 0. The Bertz CT molecular complexity index is 988. The molecule has 0 fully saturated rings. The summed E-state index contributed by atoms with van der Waals surface area (Å²) in [7, 11) is 1.27. The molecule has 28 heavy (non-hydrogen) atoms. The van der Waals surface area contributed by atoms with Crippen LogP contribution in [0.25, 0.3) is 0 Å². The highest BCUT2D eigenvalue weighted by Gasteiger charge is 2.12. The quantitative estimate of drug-likeness (QED) is 0.654. The molecule has 0 spiro atoms. The minimum Gasteiger partial charge on any atom is -0.465 e. The maximum absolute atomic E-state index is 13.6. The first-order valence-corrected chi connectivity index (χ1v) is 8.00. The minimum absolute atomic E-state index is 0.00315. The number of carbonyl (C=O) groups excluding carboxylic acids is 2. The number of benzene rings is 2. The van der Waals surface area contributed by atoms with Crippen molar-refractivity contribution in [3.8, 4) is 0 Å². The van der Waals surface area contributed by atoms with Gasteiger partial charge in [-0.25, -0.2) is 23.5 Å². The first-order valence-electron chi connectivity index (χ1n) is 8.00. The molecule has 9 heteroatoms. The highest BCUT2D eigenvalue weighted by molar-refractivity contribution is 6.03. The van der Waals surface area contributed by atoms with E-state index in [1.807, 2.05) is 0 Å².